The van der Waals surface area contributed by atoms with Gasteiger partial charge in [0.25, 0.3) is 0 Å². The second-order valence-corrected chi connectivity index (χ2v) is 5.42. The predicted molar refractivity (Wildman–Crippen MR) is 81.9 cm³/mol. The summed E-state index contributed by atoms with van der Waals surface area (Å²) in [5.41, 5.74) is 1.40. The molecule has 1 aromatic rings. The topological polar surface area (TPSA) is 21.3 Å². The first-order valence-corrected chi connectivity index (χ1v) is 7.40. The van der Waals surface area contributed by atoms with Crippen LogP contribution in [0.1, 0.15) is 45.4 Å². The van der Waals surface area contributed by atoms with E-state index in [1.165, 1.54) is 37.8 Å². The average Bonchev–Trinajstić information content (AvgIpc) is 2.43. The molecule has 0 unspecified atom stereocenters. The summed E-state index contributed by atoms with van der Waals surface area (Å²) in [7, 11) is 0. The van der Waals surface area contributed by atoms with E-state index in [4.69, 9.17) is 4.74 Å². The van der Waals surface area contributed by atoms with Crippen LogP contribution in [-0.4, -0.2) is 12.1 Å². The lowest BCUT2D eigenvalue weighted by atomic mass is 9.79. The third kappa shape index (κ3) is 3.76. The highest BCUT2D eigenvalue weighted by atomic mass is 16.5. The van der Waals surface area contributed by atoms with Gasteiger partial charge in [0, 0.05) is 11.2 Å². The average molecular weight is 259 g/mol. The Morgan fingerprint density at radius 1 is 1.21 bits per heavy atom. The van der Waals surface area contributed by atoms with Gasteiger partial charge in [-0.2, -0.15) is 0 Å². The number of rotatable bonds is 6. The van der Waals surface area contributed by atoms with Gasteiger partial charge in [0.1, 0.15) is 5.75 Å². The molecule has 1 aliphatic carbocycles. The van der Waals surface area contributed by atoms with Crippen molar-refractivity contribution in [3.05, 3.63) is 36.9 Å². The van der Waals surface area contributed by atoms with Crippen LogP contribution < -0.4 is 10.1 Å². The zero-order valence-electron chi connectivity index (χ0n) is 12.0. The summed E-state index contributed by atoms with van der Waals surface area (Å²) in [5, 5.41) is 3.74. The van der Waals surface area contributed by atoms with E-state index in [2.05, 4.69) is 24.0 Å². The van der Waals surface area contributed by atoms with E-state index in [1.54, 1.807) is 0 Å². The number of ether oxygens (including phenoxy) is 1. The van der Waals surface area contributed by atoms with Gasteiger partial charge in [-0.1, -0.05) is 25.3 Å². The second-order valence-electron chi connectivity index (χ2n) is 5.42. The van der Waals surface area contributed by atoms with E-state index >= 15 is 0 Å². The van der Waals surface area contributed by atoms with Crippen LogP contribution in [0.3, 0.4) is 0 Å². The van der Waals surface area contributed by atoms with E-state index in [9.17, 15) is 0 Å². The lowest BCUT2D eigenvalue weighted by Gasteiger charge is -2.38. The molecule has 0 aromatic heterocycles. The maximum Gasteiger partial charge on any atom is 0.119 e. The van der Waals surface area contributed by atoms with Gasteiger partial charge in [-0.25, -0.2) is 0 Å². The molecule has 104 valence electrons. The molecule has 0 atom stereocenters. The minimum atomic E-state index is 0.215. The van der Waals surface area contributed by atoms with Crippen LogP contribution in [0.5, 0.6) is 5.75 Å². The first kappa shape index (κ1) is 14.0. The number of nitrogens with one attached hydrogen (secondary N) is 1. The monoisotopic (exact) mass is 259 g/mol. The highest BCUT2D eigenvalue weighted by molar-refractivity contribution is 5.48. The third-order valence-electron chi connectivity index (χ3n) is 3.92. The second kappa shape index (κ2) is 6.65. The van der Waals surface area contributed by atoms with Crippen molar-refractivity contribution in [2.45, 2.75) is 51.0 Å². The quantitative estimate of drug-likeness (QED) is 0.743. The summed E-state index contributed by atoms with van der Waals surface area (Å²) in [4.78, 5) is 0. The van der Waals surface area contributed by atoms with Crippen molar-refractivity contribution in [3.8, 4) is 5.75 Å². The van der Waals surface area contributed by atoms with Crippen LogP contribution in [0.2, 0.25) is 0 Å². The SMILES string of the molecule is C=CCC1(Nc2ccc(OCC)cc2)CCCCC1. The van der Waals surface area contributed by atoms with E-state index < -0.39 is 0 Å². The van der Waals surface area contributed by atoms with Crippen molar-refractivity contribution in [2.75, 3.05) is 11.9 Å². The van der Waals surface area contributed by atoms with E-state index in [1.807, 2.05) is 25.1 Å². The lowest BCUT2D eigenvalue weighted by molar-refractivity contribution is 0.325. The van der Waals surface area contributed by atoms with Gasteiger partial charge >= 0.3 is 0 Å². The van der Waals surface area contributed by atoms with Gasteiger partial charge in [0.15, 0.2) is 0 Å². The summed E-state index contributed by atoms with van der Waals surface area (Å²) in [6.07, 6.45) is 9.57. The van der Waals surface area contributed by atoms with Crippen molar-refractivity contribution in [1.29, 1.82) is 0 Å². The molecule has 0 aliphatic heterocycles. The Morgan fingerprint density at radius 2 is 1.89 bits per heavy atom. The minimum absolute atomic E-state index is 0.215. The summed E-state index contributed by atoms with van der Waals surface area (Å²) < 4.78 is 5.48. The normalized spacial score (nSPS) is 17.7. The van der Waals surface area contributed by atoms with Crippen molar-refractivity contribution < 1.29 is 4.74 Å². The van der Waals surface area contributed by atoms with E-state index in [-0.39, 0.29) is 5.54 Å². The molecule has 0 saturated heterocycles. The number of hydrogen-bond donors (Lipinski definition) is 1. The Hall–Kier alpha value is -1.44. The fourth-order valence-corrected chi connectivity index (χ4v) is 2.99. The van der Waals surface area contributed by atoms with Crippen molar-refractivity contribution in [1.82, 2.24) is 0 Å². The first-order valence-electron chi connectivity index (χ1n) is 7.40. The molecule has 0 radical (unpaired) electrons. The van der Waals surface area contributed by atoms with Crippen molar-refractivity contribution in [3.63, 3.8) is 0 Å². The van der Waals surface area contributed by atoms with Crippen LogP contribution in [0.15, 0.2) is 36.9 Å². The Morgan fingerprint density at radius 3 is 2.47 bits per heavy atom. The molecule has 1 N–H and O–H groups in total. The molecule has 1 fully saturated rings. The van der Waals surface area contributed by atoms with Gasteiger partial charge in [0.2, 0.25) is 0 Å². The Bertz CT molecular complexity index is 390. The molecule has 0 bridgehead atoms. The lowest BCUT2D eigenvalue weighted by Crippen LogP contribution is -2.39. The number of hydrogen-bond acceptors (Lipinski definition) is 2. The summed E-state index contributed by atoms with van der Waals surface area (Å²) in [6, 6.07) is 8.31. The molecule has 2 nitrogen and oxygen atoms in total. The third-order valence-corrected chi connectivity index (χ3v) is 3.92. The number of anilines is 1. The smallest absolute Gasteiger partial charge is 0.119 e. The molecule has 0 amide bonds. The first-order chi connectivity index (χ1) is 9.28. The van der Waals surface area contributed by atoms with Crippen molar-refractivity contribution in [2.24, 2.45) is 0 Å². The highest BCUT2D eigenvalue weighted by Crippen LogP contribution is 2.35. The van der Waals surface area contributed by atoms with Gasteiger partial charge in [-0.05, 0) is 50.5 Å². The maximum atomic E-state index is 5.48. The number of benzene rings is 1. The molecule has 2 heteroatoms. The molecule has 1 aliphatic rings. The maximum absolute atomic E-state index is 5.48. The fourth-order valence-electron chi connectivity index (χ4n) is 2.99. The van der Waals surface area contributed by atoms with E-state index in [0.717, 1.165) is 12.2 Å². The standard InChI is InChI=1S/C17H25NO/c1-3-12-17(13-6-5-7-14-17)18-15-8-10-16(11-9-15)19-4-2/h3,8-11,18H,1,4-7,12-14H2,2H3. The Labute approximate surface area is 116 Å². The van der Waals surface area contributed by atoms with Crippen LogP contribution in [0.4, 0.5) is 5.69 Å². The van der Waals surface area contributed by atoms with Gasteiger partial charge < -0.3 is 10.1 Å². The summed E-state index contributed by atoms with van der Waals surface area (Å²) in [6.45, 7) is 6.64. The fraction of sp³-hybridized carbons (Fsp3) is 0.529. The zero-order valence-corrected chi connectivity index (χ0v) is 12.0. The molecular formula is C17H25NO. The van der Waals surface area contributed by atoms with Crippen LogP contribution in [-0.2, 0) is 0 Å². The Kier molecular flexibility index (Phi) is 4.89. The molecule has 1 saturated carbocycles. The highest BCUT2D eigenvalue weighted by Gasteiger charge is 2.30. The summed E-state index contributed by atoms with van der Waals surface area (Å²) in [5.74, 6) is 0.939. The summed E-state index contributed by atoms with van der Waals surface area (Å²) >= 11 is 0. The van der Waals surface area contributed by atoms with Crippen LogP contribution >= 0.6 is 0 Å². The van der Waals surface area contributed by atoms with Gasteiger partial charge in [-0.3, -0.25) is 0 Å². The molecular weight excluding hydrogens is 234 g/mol. The molecule has 19 heavy (non-hydrogen) atoms. The van der Waals surface area contributed by atoms with Crippen LogP contribution in [0, 0.1) is 0 Å². The molecule has 2 rings (SSSR count). The molecule has 0 spiro atoms. The van der Waals surface area contributed by atoms with E-state index in [0.29, 0.717) is 6.61 Å². The zero-order chi connectivity index (χ0) is 13.6. The molecule has 0 heterocycles. The Balaban J connectivity index is 2.05. The minimum Gasteiger partial charge on any atom is -0.494 e. The largest absolute Gasteiger partial charge is 0.494 e. The van der Waals surface area contributed by atoms with Crippen molar-refractivity contribution >= 4 is 5.69 Å². The van der Waals surface area contributed by atoms with Crippen LogP contribution in [0.25, 0.3) is 0 Å². The van der Waals surface area contributed by atoms with Gasteiger partial charge in [-0.15, -0.1) is 6.58 Å². The predicted octanol–water partition coefficient (Wildman–Crippen LogP) is 4.78. The van der Waals surface area contributed by atoms with Gasteiger partial charge in [0.05, 0.1) is 6.61 Å². The molecule has 1 aromatic carbocycles.